The topological polar surface area (TPSA) is 114 Å². The molecule has 0 rings (SSSR count). The molecule has 0 radical (unpaired) electrons. The molecule has 0 aromatic rings. The molecule has 0 aromatic heterocycles. The fourth-order valence-electron chi connectivity index (χ4n) is 0.790. The van der Waals surface area contributed by atoms with Crippen molar-refractivity contribution in [2.45, 2.75) is 0 Å². The average Bonchev–Trinajstić information content (AvgIpc) is 1.98. The summed E-state index contributed by atoms with van der Waals surface area (Å²) < 4.78 is 56.2. The van der Waals surface area contributed by atoms with Gasteiger partial charge in [0.1, 0.15) is 9.23 Å². The third-order valence-corrected chi connectivity index (χ3v) is 8.12. The van der Waals surface area contributed by atoms with Crippen LogP contribution in [0, 0.1) is 10.2 Å². The highest BCUT2D eigenvalue weighted by Gasteiger charge is 2.40. The lowest BCUT2D eigenvalue weighted by molar-refractivity contribution is -1.91. The molecular weight excluding hydrogens is 271 g/mol. The molecule has 94 valence electrons. The molecule has 0 spiro atoms. The molecule has 0 fully saturated rings. The zero-order chi connectivity index (χ0) is 12.3. The Morgan fingerprint density at radius 1 is 1.20 bits per heavy atom. The standard InChI is InChI=1S/C5H14ClO7PS/c1-11-14(10,12-2)5-15(3,4)13-6(7,8)9/h5H2,1-4H3. The Hall–Kier alpha value is 0.630. The Morgan fingerprint density at radius 3 is 1.87 bits per heavy atom. The van der Waals surface area contributed by atoms with Gasteiger partial charge in [-0.3, -0.25) is 4.57 Å². The predicted octanol–water partition coefficient (Wildman–Crippen LogP) is -1.68. The van der Waals surface area contributed by atoms with Crippen molar-refractivity contribution in [1.82, 2.24) is 0 Å². The van der Waals surface area contributed by atoms with Crippen molar-refractivity contribution in [2.24, 2.45) is 0 Å². The lowest BCUT2D eigenvalue weighted by atomic mass is 11.8. The van der Waals surface area contributed by atoms with Crippen LogP contribution in [-0.2, 0) is 17.3 Å². The molecule has 0 unspecified atom stereocenters. The van der Waals surface area contributed by atoms with Crippen molar-refractivity contribution in [3.63, 3.8) is 0 Å². The van der Waals surface area contributed by atoms with E-state index in [4.69, 9.17) is 0 Å². The van der Waals surface area contributed by atoms with E-state index in [1.54, 1.807) is 0 Å². The summed E-state index contributed by atoms with van der Waals surface area (Å²) in [4.78, 5) is 0. The number of hydrogen-bond acceptors (Lipinski definition) is 7. The molecule has 0 amide bonds. The fourth-order valence-corrected chi connectivity index (χ4v) is 7.02. The van der Waals surface area contributed by atoms with E-state index in [2.05, 4.69) is 12.8 Å². The number of halogens is 1. The zero-order valence-corrected chi connectivity index (χ0v) is 11.3. The first kappa shape index (κ1) is 15.6. The normalized spacial score (nSPS) is 15.4. The Balaban J connectivity index is 4.56. The first-order chi connectivity index (χ1) is 6.54. The van der Waals surface area contributed by atoms with Crippen LogP contribution >= 0.6 is 17.9 Å². The van der Waals surface area contributed by atoms with Gasteiger partial charge in [-0.15, -0.1) is 0 Å². The van der Waals surface area contributed by atoms with Gasteiger partial charge in [0.05, 0.1) is 10.2 Å². The molecule has 10 heteroatoms. The number of hydrogen-bond donors (Lipinski definition) is 0. The number of rotatable bonds is 6. The van der Waals surface area contributed by atoms with Gasteiger partial charge in [0.2, 0.25) is 0 Å². The molecule has 0 N–H and O–H groups in total. The summed E-state index contributed by atoms with van der Waals surface area (Å²) in [6, 6.07) is 0. The van der Waals surface area contributed by atoms with Crippen LogP contribution in [-0.4, -0.2) is 32.2 Å². The van der Waals surface area contributed by atoms with Gasteiger partial charge in [-0.05, 0) is 0 Å². The van der Waals surface area contributed by atoms with Crippen LogP contribution in [0.2, 0.25) is 0 Å². The van der Waals surface area contributed by atoms with Crippen LogP contribution in [0.5, 0.6) is 0 Å². The van der Waals surface area contributed by atoms with Gasteiger partial charge < -0.3 is 9.05 Å². The SMILES string of the molecule is COP(=O)(CS(C)(C)O[Cl+3]([O-])([O-])[O-])OC. The smallest absolute Gasteiger partial charge is 0.311 e. The molecule has 15 heavy (non-hydrogen) atoms. The van der Waals surface area contributed by atoms with Crippen molar-refractivity contribution >= 4 is 17.9 Å². The van der Waals surface area contributed by atoms with E-state index in [-0.39, 0.29) is 5.49 Å². The summed E-state index contributed by atoms with van der Waals surface area (Å²) in [6.45, 7) is 0. The van der Waals surface area contributed by atoms with Gasteiger partial charge in [0.25, 0.3) is 0 Å². The molecule has 0 aromatic carbocycles. The van der Waals surface area contributed by atoms with Crippen LogP contribution in [0.4, 0.5) is 0 Å². The molecule has 0 aliphatic heterocycles. The maximum absolute atomic E-state index is 11.6. The molecule has 0 saturated carbocycles. The quantitative estimate of drug-likeness (QED) is 0.535. The lowest BCUT2D eigenvalue weighted by Gasteiger charge is -2.28. The summed E-state index contributed by atoms with van der Waals surface area (Å²) in [6.07, 6.45) is 2.75. The van der Waals surface area contributed by atoms with Crippen LogP contribution in [0.25, 0.3) is 0 Å². The Labute approximate surface area is 92.1 Å². The van der Waals surface area contributed by atoms with Gasteiger partial charge in [-0.1, -0.05) is 0 Å². The van der Waals surface area contributed by atoms with E-state index in [1.165, 1.54) is 26.7 Å². The highest BCUT2D eigenvalue weighted by Crippen LogP contribution is 2.60. The lowest BCUT2D eigenvalue weighted by Crippen LogP contribution is -2.61. The molecule has 0 heterocycles. The molecule has 0 bridgehead atoms. The summed E-state index contributed by atoms with van der Waals surface area (Å²) in [5, 5.41) is 0. The highest BCUT2D eigenvalue weighted by molar-refractivity contribution is 8.31. The van der Waals surface area contributed by atoms with E-state index in [9.17, 15) is 18.5 Å². The maximum Gasteiger partial charge on any atom is 0.341 e. The Kier molecular flexibility index (Phi) is 5.53. The maximum atomic E-state index is 11.6. The first-order valence-corrected chi connectivity index (χ1v) is 9.08. The summed E-state index contributed by atoms with van der Waals surface area (Å²) >= 11 is 0. The van der Waals surface area contributed by atoms with E-state index in [1.807, 2.05) is 0 Å². The van der Waals surface area contributed by atoms with Crippen LogP contribution in [0.15, 0.2) is 0 Å². The monoisotopic (exact) mass is 284 g/mol. The third-order valence-electron chi connectivity index (χ3n) is 1.27. The molecule has 0 aliphatic rings. The third kappa shape index (κ3) is 6.72. The van der Waals surface area contributed by atoms with Crippen LogP contribution < -0.4 is 14.0 Å². The second-order valence-corrected chi connectivity index (χ2v) is 10.1. The summed E-state index contributed by atoms with van der Waals surface area (Å²) in [5.74, 6) is 0. The van der Waals surface area contributed by atoms with Gasteiger partial charge in [0, 0.05) is 37.0 Å². The molecule has 0 saturated heterocycles. The largest absolute Gasteiger partial charge is 0.341 e. The second-order valence-electron chi connectivity index (χ2n) is 2.98. The summed E-state index contributed by atoms with van der Waals surface area (Å²) in [5.41, 5.74) is -0.262. The van der Waals surface area contributed by atoms with E-state index in [0.29, 0.717) is 0 Å². The zero-order valence-electron chi connectivity index (χ0n) is 8.80. The molecule has 0 aliphatic carbocycles. The molecule has 7 nitrogen and oxygen atoms in total. The van der Waals surface area contributed by atoms with E-state index in [0.717, 1.165) is 0 Å². The predicted molar refractivity (Wildman–Crippen MR) is 47.0 cm³/mol. The van der Waals surface area contributed by atoms with Crippen LogP contribution in [0.3, 0.4) is 0 Å². The van der Waals surface area contributed by atoms with Gasteiger partial charge >= 0.3 is 7.60 Å². The minimum absolute atomic E-state index is 0.262. The minimum atomic E-state index is -4.54. The first-order valence-electron chi connectivity index (χ1n) is 3.57. The van der Waals surface area contributed by atoms with Crippen molar-refractivity contribution < 1.29 is 41.6 Å². The van der Waals surface area contributed by atoms with Crippen molar-refractivity contribution in [1.29, 1.82) is 0 Å². The van der Waals surface area contributed by atoms with Crippen molar-refractivity contribution in [2.75, 3.05) is 32.2 Å². The minimum Gasteiger partial charge on any atom is -0.311 e. The van der Waals surface area contributed by atoms with Gasteiger partial charge in [-0.25, -0.2) is 0 Å². The molecular formula is C5H14ClO7PS. The fraction of sp³-hybridized carbons (Fsp3) is 1.00. The summed E-state index contributed by atoms with van der Waals surface area (Å²) in [7, 11) is -7.93. The second kappa shape index (κ2) is 5.31. The van der Waals surface area contributed by atoms with Gasteiger partial charge in [-0.2, -0.15) is 14.0 Å². The van der Waals surface area contributed by atoms with E-state index >= 15 is 0 Å². The Morgan fingerprint density at radius 2 is 1.60 bits per heavy atom. The average molecular weight is 285 g/mol. The van der Waals surface area contributed by atoms with Crippen LogP contribution in [0.1, 0.15) is 0 Å². The van der Waals surface area contributed by atoms with Crippen molar-refractivity contribution in [3.05, 3.63) is 0 Å². The van der Waals surface area contributed by atoms with Gasteiger partial charge in [0.15, 0.2) is 0 Å². The van der Waals surface area contributed by atoms with E-state index < -0.39 is 28.1 Å². The van der Waals surface area contributed by atoms with Crippen molar-refractivity contribution in [3.8, 4) is 0 Å². The Bertz CT molecular complexity index is 244. The molecule has 0 atom stereocenters. The highest BCUT2D eigenvalue weighted by atomic mass is 35.7.